The van der Waals surface area contributed by atoms with E-state index in [0.717, 1.165) is 31.7 Å². The molecule has 2 heterocycles. The van der Waals surface area contributed by atoms with Gasteiger partial charge in [-0.2, -0.15) is 13.2 Å². The number of sulfonamides is 1. The molecule has 234 valence electrons. The molecule has 1 aromatic rings. The van der Waals surface area contributed by atoms with Crippen LogP contribution in [0.2, 0.25) is 0 Å². The largest absolute Gasteiger partial charge is 0.416 e. The second-order valence-corrected chi connectivity index (χ2v) is 13.4. The Morgan fingerprint density at radius 3 is 2.52 bits per heavy atom. The van der Waals surface area contributed by atoms with Crippen LogP contribution in [0.5, 0.6) is 0 Å². The lowest BCUT2D eigenvalue weighted by Gasteiger charge is -2.34. The van der Waals surface area contributed by atoms with Gasteiger partial charge in [-0.1, -0.05) is 25.3 Å². The van der Waals surface area contributed by atoms with Crippen molar-refractivity contribution in [2.45, 2.75) is 75.9 Å². The van der Waals surface area contributed by atoms with E-state index in [1.54, 1.807) is 0 Å². The minimum Gasteiger partial charge on any atom is -0.396 e. The number of aliphatic hydroxyl groups is 1. The van der Waals surface area contributed by atoms with Crippen LogP contribution in [0.25, 0.3) is 0 Å². The fourth-order valence-electron chi connectivity index (χ4n) is 5.83. The van der Waals surface area contributed by atoms with Crippen molar-refractivity contribution in [1.82, 2.24) is 14.9 Å². The predicted octanol–water partition coefficient (Wildman–Crippen LogP) is 2.82. The van der Waals surface area contributed by atoms with Crippen molar-refractivity contribution in [2.75, 3.05) is 43.9 Å². The fraction of sp³-hybridized carbons (Fsp3) is 0.679. The Morgan fingerprint density at radius 1 is 1.14 bits per heavy atom. The number of aliphatic hydroxyl groups excluding tert-OH is 1. The molecule has 0 unspecified atom stereocenters. The summed E-state index contributed by atoms with van der Waals surface area (Å²) in [5, 5.41) is 17.0. The van der Waals surface area contributed by atoms with Gasteiger partial charge in [0.25, 0.3) is 5.91 Å². The Labute approximate surface area is 244 Å². The Morgan fingerprint density at radius 2 is 1.86 bits per heavy atom. The van der Waals surface area contributed by atoms with Crippen molar-refractivity contribution >= 4 is 33.4 Å². The van der Waals surface area contributed by atoms with Crippen molar-refractivity contribution < 1.29 is 36.3 Å². The number of carbonyl (C=O) groups is 2. The van der Waals surface area contributed by atoms with Gasteiger partial charge in [0.15, 0.2) is 0 Å². The molecule has 1 saturated carbocycles. The average molecular weight is 616 g/mol. The van der Waals surface area contributed by atoms with E-state index in [4.69, 9.17) is 10.1 Å². The monoisotopic (exact) mass is 615 g/mol. The molecule has 0 aromatic heterocycles. The van der Waals surface area contributed by atoms with Crippen molar-refractivity contribution in [3.05, 3.63) is 29.3 Å². The molecule has 1 spiro atoms. The van der Waals surface area contributed by atoms with Gasteiger partial charge in [-0.25, -0.2) is 12.7 Å². The maximum Gasteiger partial charge on any atom is 0.416 e. The van der Waals surface area contributed by atoms with Gasteiger partial charge in [-0.15, -0.1) is 0 Å². The van der Waals surface area contributed by atoms with Crippen LogP contribution in [0.1, 0.15) is 68.9 Å². The lowest BCUT2D eigenvalue weighted by Crippen LogP contribution is -2.51. The summed E-state index contributed by atoms with van der Waals surface area (Å²) in [5.74, 6) is -0.150. The van der Waals surface area contributed by atoms with Crippen LogP contribution in [0, 0.1) is 5.92 Å². The zero-order valence-corrected chi connectivity index (χ0v) is 24.5. The molecule has 4 rings (SSSR count). The smallest absolute Gasteiger partial charge is 0.396 e. The number of amides is 2. The standard InChI is InChI=1S/C28H40F3N5O5S/c29-28(30,31)23-18-22(33-19-24(38)32-13-4-5-16-37)9-8-20(23)10-17-42(40,41)36-14-11-27(12-15-36)26(39)34-25(35-27)21-6-2-1-3-7-21/h8-9,18,21,33,37H,1-7,10-17,19H2,(H,32,38)(H,34,35,39). The maximum atomic E-state index is 13.9. The molecule has 3 aliphatic rings. The lowest BCUT2D eigenvalue weighted by atomic mass is 9.88. The minimum absolute atomic E-state index is 0.00955. The van der Waals surface area contributed by atoms with E-state index in [1.165, 1.54) is 22.9 Å². The molecule has 1 aromatic carbocycles. The number of aryl methyl sites for hydroxylation is 1. The first-order valence-electron chi connectivity index (χ1n) is 14.6. The van der Waals surface area contributed by atoms with Crippen molar-refractivity contribution in [3.8, 4) is 0 Å². The summed E-state index contributed by atoms with van der Waals surface area (Å²) in [5.41, 5.74) is -2.00. The Bertz CT molecular complexity index is 1260. The van der Waals surface area contributed by atoms with E-state index in [9.17, 15) is 31.2 Å². The number of rotatable bonds is 12. The molecule has 4 N–H and O–H groups in total. The van der Waals surface area contributed by atoms with Gasteiger partial charge >= 0.3 is 6.18 Å². The molecule has 14 heteroatoms. The molecule has 0 atom stereocenters. The molecule has 10 nitrogen and oxygen atoms in total. The van der Waals surface area contributed by atoms with Gasteiger partial charge in [0, 0.05) is 37.8 Å². The first kappa shape index (κ1) is 32.2. The van der Waals surface area contributed by atoms with Crippen LogP contribution >= 0.6 is 0 Å². The van der Waals surface area contributed by atoms with E-state index in [0.29, 0.717) is 25.2 Å². The fourth-order valence-corrected chi connectivity index (χ4v) is 7.31. The third-order valence-electron chi connectivity index (χ3n) is 8.34. The predicted molar refractivity (Wildman–Crippen MR) is 152 cm³/mol. The summed E-state index contributed by atoms with van der Waals surface area (Å²) in [6.07, 6.45) is 1.85. The number of halogens is 3. The number of alkyl halides is 3. The molecule has 42 heavy (non-hydrogen) atoms. The zero-order valence-electron chi connectivity index (χ0n) is 23.6. The summed E-state index contributed by atoms with van der Waals surface area (Å²) in [4.78, 5) is 29.5. The van der Waals surface area contributed by atoms with Crippen molar-refractivity contribution in [3.63, 3.8) is 0 Å². The van der Waals surface area contributed by atoms with Crippen LogP contribution in [0.3, 0.4) is 0 Å². The molecule has 1 saturated heterocycles. The highest BCUT2D eigenvalue weighted by molar-refractivity contribution is 7.89. The summed E-state index contributed by atoms with van der Waals surface area (Å²) >= 11 is 0. The average Bonchev–Trinajstić information content (AvgIpc) is 3.28. The number of hydrogen-bond donors (Lipinski definition) is 4. The topological polar surface area (TPSA) is 140 Å². The highest BCUT2D eigenvalue weighted by Crippen LogP contribution is 2.36. The molecule has 2 amide bonds. The first-order chi connectivity index (χ1) is 19.9. The molecule has 2 aliphatic heterocycles. The third kappa shape index (κ3) is 8.01. The van der Waals surface area contributed by atoms with Gasteiger partial charge in [0.1, 0.15) is 11.4 Å². The van der Waals surface area contributed by atoms with E-state index in [2.05, 4.69) is 16.0 Å². The van der Waals surface area contributed by atoms with Crippen molar-refractivity contribution in [1.29, 1.82) is 0 Å². The number of anilines is 1. The van der Waals surface area contributed by atoms with Crippen LogP contribution in [-0.4, -0.2) is 79.6 Å². The van der Waals surface area contributed by atoms with Crippen molar-refractivity contribution in [2.24, 2.45) is 10.9 Å². The summed E-state index contributed by atoms with van der Waals surface area (Å²) in [6.45, 7) is 0.283. The molecular formula is C28H40F3N5O5S. The number of carbonyl (C=O) groups excluding carboxylic acids is 2. The van der Waals surface area contributed by atoms with Gasteiger partial charge in [-0.05, 0) is 62.6 Å². The van der Waals surface area contributed by atoms with Crippen LogP contribution in [0.4, 0.5) is 18.9 Å². The lowest BCUT2D eigenvalue weighted by molar-refractivity contribution is -0.138. The van der Waals surface area contributed by atoms with E-state index < -0.39 is 39.0 Å². The van der Waals surface area contributed by atoms with Crippen LogP contribution in [-0.2, 0) is 32.2 Å². The first-order valence-corrected chi connectivity index (χ1v) is 16.2. The van der Waals surface area contributed by atoms with E-state index in [1.807, 2.05) is 0 Å². The molecule has 0 radical (unpaired) electrons. The molecule has 0 bridgehead atoms. The normalized spacial score (nSPS) is 19.9. The molecule has 2 fully saturated rings. The van der Waals surface area contributed by atoms with Crippen LogP contribution < -0.4 is 16.0 Å². The zero-order chi connectivity index (χ0) is 30.4. The van der Waals surface area contributed by atoms with Gasteiger partial charge in [-0.3, -0.25) is 14.6 Å². The molecule has 1 aliphatic carbocycles. The number of piperidine rings is 1. The van der Waals surface area contributed by atoms with Gasteiger partial charge in [0.05, 0.1) is 17.9 Å². The number of amidine groups is 1. The highest BCUT2D eigenvalue weighted by Gasteiger charge is 2.48. The van der Waals surface area contributed by atoms with Crippen LogP contribution in [0.15, 0.2) is 23.2 Å². The minimum atomic E-state index is -4.72. The third-order valence-corrected chi connectivity index (χ3v) is 10.2. The number of unbranched alkanes of at least 4 members (excludes halogenated alkanes) is 1. The summed E-state index contributed by atoms with van der Waals surface area (Å²) < 4.78 is 69.1. The number of nitrogens with zero attached hydrogens (tertiary/aromatic N) is 2. The number of benzene rings is 1. The summed E-state index contributed by atoms with van der Waals surface area (Å²) in [6, 6.07) is 3.50. The number of nitrogens with one attached hydrogen (secondary N) is 3. The number of aliphatic imine (C=N–C) groups is 1. The number of hydrogen-bond acceptors (Lipinski definition) is 7. The van der Waals surface area contributed by atoms with Gasteiger partial charge in [0.2, 0.25) is 15.9 Å². The SMILES string of the molecule is O=C(CNc1ccc(CCS(=O)(=O)N2CCC3(CC2)N=C(C2CCCCC2)NC3=O)c(C(F)(F)F)c1)NCCCCO. The maximum absolute atomic E-state index is 13.9. The summed E-state index contributed by atoms with van der Waals surface area (Å²) in [7, 11) is -3.88. The Balaban J connectivity index is 1.34. The van der Waals surface area contributed by atoms with E-state index in [-0.39, 0.29) is 68.6 Å². The second kappa shape index (κ2) is 13.7. The van der Waals surface area contributed by atoms with E-state index >= 15 is 0 Å². The Hall–Kier alpha value is -2.71. The quantitative estimate of drug-likeness (QED) is 0.267. The molecular weight excluding hydrogens is 575 g/mol. The second-order valence-electron chi connectivity index (χ2n) is 11.3. The Kier molecular flexibility index (Phi) is 10.5. The highest BCUT2D eigenvalue weighted by atomic mass is 32.2. The van der Waals surface area contributed by atoms with Gasteiger partial charge < -0.3 is 21.1 Å².